The number of hydrogen-bond acceptors (Lipinski definition) is 9. The zero-order valence-electron chi connectivity index (χ0n) is 22.3. The molecular formula is C27H31N7O5. The van der Waals surface area contributed by atoms with Crippen molar-refractivity contribution >= 4 is 34.3 Å². The van der Waals surface area contributed by atoms with Crippen molar-refractivity contribution < 1.29 is 18.8 Å². The molecule has 0 saturated carbocycles. The van der Waals surface area contributed by atoms with Gasteiger partial charge in [0.05, 0.1) is 5.39 Å². The van der Waals surface area contributed by atoms with Crippen molar-refractivity contribution in [2.45, 2.75) is 52.6 Å². The molecule has 0 saturated heterocycles. The third kappa shape index (κ3) is 7.18. The molecular weight excluding hydrogens is 502 g/mol. The molecule has 2 aromatic carbocycles. The number of fused-ring (bicyclic) bond motifs is 1. The SMILES string of the molecule is CCCN(Nc1n[nH]c(=O)c2ccccc12)C(=O)CCc1nc(-c2cccc(NC(=O)OC(C)(C)C)c2)no1. The third-order valence-electron chi connectivity index (χ3n) is 5.47. The van der Waals surface area contributed by atoms with Crippen LogP contribution in [0.2, 0.25) is 0 Å². The molecule has 0 aliphatic carbocycles. The van der Waals surface area contributed by atoms with E-state index in [1.165, 1.54) is 5.01 Å². The number of benzene rings is 2. The number of carbonyl (C=O) groups is 2. The molecule has 0 bridgehead atoms. The number of nitrogens with one attached hydrogen (secondary N) is 3. The van der Waals surface area contributed by atoms with E-state index in [0.29, 0.717) is 52.5 Å². The molecule has 2 amide bonds. The predicted molar refractivity (Wildman–Crippen MR) is 146 cm³/mol. The van der Waals surface area contributed by atoms with Crippen LogP contribution in [-0.4, -0.2) is 49.5 Å². The van der Waals surface area contributed by atoms with Gasteiger partial charge in [0, 0.05) is 36.0 Å². The van der Waals surface area contributed by atoms with E-state index in [0.717, 1.165) is 0 Å². The number of aromatic nitrogens is 4. The van der Waals surface area contributed by atoms with Gasteiger partial charge < -0.3 is 9.26 Å². The van der Waals surface area contributed by atoms with Gasteiger partial charge in [0.1, 0.15) is 5.60 Å². The number of anilines is 2. The Labute approximate surface area is 224 Å². The van der Waals surface area contributed by atoms with Gasteiger partial charge in [-0.15, -0.1) is 0 Å². The highest BCUT2D eigenvalue weighted by atomic mass is 16.6. The summed E-state index contributed by atoms with van der Waals surface area (Å²) in [6.45, 7) is 7.74. The molecule has 0 radical (unpaired) electrons. The average Bonchev–Trinajstić information content (AvgIpc) is 3.37. The maximum absolute atomic E-state index is 13.1. The van der Waals surface area contributed by atoms with Gasteiger partial charge in [0.2, 0.25) is 17.6 Å². The lowest BCUT2D eigenvalue weighted by molar-refractivity contribution is -0.130. The zero-order chi connectivity index (χ0) is 28.0. The number of aromatic amines is 1. The molecule has 0 spiro atoms. The first-order valence-electron chi connectivity index (χ1n) is 12.6. The fourth-order valence-electron chi connectivity index (χ4n) is 3.77. The first-order chi connectivity index (χ1) is 18.6. The number of hydrogen-bond donors (Lipinski definition) is 3. The first-order valence-corrected chi connectivity index (χ1v) is 12.6. The molecule has 3 N–H and O–H groups in total. The number of H-pyrrole nitrogens is 1. The standard InChI is InChI=1S/C27H31N7O5/c1-5-15-34(32-24-19-11-6-7-12-20(19)25(36)31-30-24)22(35)14-13-21-29-23(33-39-21)17-9-8-10-18(16-17)28-26(37)38-27(2,3)4/h6-12,16H,5,13-15H2,1-4H3,(H,28,37)(H,30,32)(H,31,36). The minimum atomic E-state index is -0.617. The van der Waals surface area contributed by atoms with Gasteiger partial charge in [-0.05, 0) is 45.4 Å². The summed E-state index contributed by atoms with van der Waals surface area (Å²) in [5, 5.41) is 15.8. The second-order valence-electron chi connectivity index (χ2n) is 9.82. The summed E-state index contributed by atoms with van der Waals surface area (Å²) in [5.41, 5.74) is 3.28. The summed E-state index contributed by atoms with van der Waals surface area (Å²) < 4.78 is 10.7. The number of carbonyl (C=O) groups excluding carboxylic acids is 2. The van der Waals surface area contributed by atoms with Crippen molar-refractivity contribution in [3.05, 3.63) is 64.8 Å². The van der Waals surface area contributed by atoms with E-state index < -0.39 is 11.7 Å². The Morgan fingerprint density at radius 1 is 1.10 bits per heavy atom. The lowest BCUT2D eigenvalue weighted by Gasteiger charge is -2.23. The summed E-state index contributed by atoms with van der Waals surface area (Å²) in [5.74, 6) is 0.815. The predicted octanol–water partition coefficient (Wildman–Crippen LogP) is 4.52. The number of hydrazine groups is 1. The normalized spacial score (nSPS) is 11.3. The van der Waals surface area contributed by atoms with Crippen molar-refractivity contribution in [2.75, 3.05) is 17.3 Å². The van der Waals surface area contributed by atoms with Crippen LogP contribution in [0.5, 0.6) is 0 Å². The van der Waals surface area contributed by atoms with E-state index in [4.69, 9.17) is 9.26 Å². The summed E-state index contributed by atoms with van der Waals surface area (Å²) in [6, 6.07) is 14.0. The molecule has 12 nitrogen and oxygen atoms in total. The van der Waals surface area contributed by atoms with E-state index in [-0.39, 0.29) is 24.3 Å². The monoisotopic (exact) mass is 533 g/mol. The van der Waals surface area contributed by atoms with Gasteiger partial charge in [-0.25, -0.2) is 9.89 Å². The molecule has 4 aromatic rings. The number of amides is 2. The average molecular weight is 534 g/mol. The van der Waals surface area contributed by atoms with Crippen LogP contribution in [0.25, 0.3) is 22.2 Å². The Balaban J connectivity index is 1.40. The van der Waals surface area contributed by atoms with E-state index in [2.05, 4.69) is 31.1 Å². The van der Waals surface area contributed by atoms with Crippen LogP contribution in [0.4, 0.5) is 16.3 Å². The van der Waals surface area contributed by atoms with Crippen LogP contribution >= 0.6 is 0 Å². The van der Waals surface area contributed by atoms with Gasteiger partial charge in [0.25, 0.3) is 5.56 Å². The van der Waals surface area contributed by atoms with E-state index in [9.17, 15) is 14.4 Å². The quantitative estimate of drug-likeness (QED) is 0.263. The number of aryl methyl sites for hydroxylation is 1. The molecule has 2 aromatic heterocycles. The summed E-state index contributed by atoms with van der Waals surface area (Å²) >= 11 is 0. The highest BCUT2D eigenvalue weighted by Crippen LogP contribution is 2.22. The molecule has 0 unspecified atom stereocenters. The molecule has 0 atom stereocenters. The van der Waals surface area contributed by atoms with Gasteiger partial charge in [-0.2, -0.15) is 10.1 Å². The van der Waals surface area contributed by atoms with Gasteiger partial charge >= 0.3 is 6.09 Å². The Bertz CT molecular complexity index is 1520. The minimum Gasteiger partial charge on any atom is -0.444 e. The van der Waals surface area contributed by atoms with Crippen LogP contribution in [0, 0.1) is 0 Å². The van der Waals surface area contributed by atoms with Gasteiger partial charge in [0.15, 0.2) is 5.82 Å². The molecule has 4 rings (SSSR count). The fourth-order valence-corrected chi connectivity index (χ4v) is 3.77. The molecule has 2 heterocycles. The lowest BCUT2D eigenvalue weighted by Crippen LogP contribution is -2.37. The number of ether oxygens (including phenoxy) is 1. The highest BCUT2D eigenvalue weighted by Gasteiger charge is 2.19. The Morgan fingerprint density at radius 3 is 2.62 bits per heavy atom. The van der Waals surface area contributed by atoms with Crippen molar-refractivity contribution in [3.8, 4) is 11.4 Å². The number of rotatable bonds is 9. The largest absolute Gasteiger partial charge is 0.444 e. The Morgan fingerprint density at radius 2 is 1.87 bits per heavy atom. The minimum absolute atomic E-state index is 0.107. The van der Waals surface area contributed by atoms with Crippen molar-refractivity contribution in [3.63, 3.8) is 0 Å². The van der Waals surface area contributed by atoms with E-state index >= 15 is 0 Å². The van der Waals surface area contributed by atoms with Gasteiger partial charge in [-0.1, -0.05) is 42.4 Å². The van der Waals surface area contributed by atoms with E-state index in [1.54, 1.807) is 69.3 Å². The van der Waals surface area contributed by atoms with Crippen LogP contribution in [0.15, 0.2) is 57.8 Å². The molecule has 0 aliphatic heterocycles. The summed E-state index contributed by atoms with van der Waals surface area (Å²) in [7, 11) is 0. The zero-order valence-corrected chi connectivity index (χ0v) is 22.3. The van der Waals surface area contributed by atoms with Crippen molar-refractivity contribution in [2.24, 2.45) is 0 Å². The molecule has 0 fully saturated rings. The topological polar surface area (TPSA) is 155 Å². The van der Waals surface area contributed by atoms with Crippen molar-refractivity contribution in [1.29, 1.82) is 0 Å². The van der Waals surface area contributed by atoms with Crippen molar-refractivity contribution in [1.82, 2.24) is 25.3 Å². The molecule has 12 heteroatoms. The molecule has 204 valence electrons. The van der Waals surface area contributed by atoms with Crippen LogP contribution in [0.3, 0.4) is 0 Å². The van der Waals surface area contributed by atoms with Crippen LogP contribution < -0.4 is 16.3 Å². The van der Waals surface area contributed by atoms with Crippen LogP contribution in [-0.2, 0) is 16.0 Å². The first kappa shape index (κ1) is 27.3. The maximum Gasteiger partial charge on any atom is 0.412 e. The molecule has 39 heavy (non-hydrogen) atoms. The van der Waals surface area contributed by atoms with Crippen LogP contribution in [0.1, 0.15) is 46.4 Å². The lowest BCUT2D eigenvalue weighted by atomic mass is 10.2. The Kier molecular flexibility index (Phi) is 8.23. The highest BCUT2D eigenvalue weighted by molar-refractivity contribution is 5.91. The number of nitrogens with zero attached hydrogens (tertiary/aromatic N) is 4. The Hall–Kier alpha value is -4.74. The summed E-state index contributed by atoms with van der Waals surface area (Å²) in [6.07, 6.45) is 0.472. The second-order valence-corrected chi connectivity index (χ2v) is 9.82. The molecule has 0 aliphatic rings. The fraction of sp³-hybridized carbons (Fsp3) is 0.333. The maximum atomic E-state index is 13.1. The second kappa shape index (κ2) is 11.8. The van der Waals surface area contributed by atoms with E-state index in [1.807, 2.05) is 6.92 Å². The summed E-state index contributed by atoms with van der Waals surface area (Å²) in [4.78, 5) is 41.6. The third-order valence-corrected chi connectivity index (χ3v) is 5.47. The smallest absolute Gasteiger partial charge is 0.412 e. The van der Waals surface area contributed by atoms with Gasteiger partial charge in [-0.3, -0.25) is 25.3 Å².